The fourth-order valence-corrected chi connectivity index (χ4v) is 4.81. The molecule has 2 heterocycles. The van der Waals surface area contributed by atoms with E-state index in [9.17, 15) is 4.79 Å². The summed E-state index contributed by atoms with van der Waals surface area (Å²) >= 11 is 0. The van der Waals surface area contributed by atoms with Gasteiger partial charge in [-0.1, -0.05) is 42.7 Å². The van der Waals surface area contributed by atoms with Crippen LogP contribution in [-0.4, -0.2) is 36.0 Å². The molecule has 3 rings (SSSR count). The SMILES string of the molecule is CC1=CC(=O)C[C@H](C)[C@@]1(C)CC/C(C)=C/CC/C(C)=C/CN1CN(C)c2ncnc(N)c21. The first-order valence-electron chi connectivity index (χ1n) is 11.7. The molecule has 1 aromatic heterocycles. The first-order valence-corrected chi connectivity index (χ1v) is 11.7. The summed E-state index contributed by atoms with van der Waals surface area (Å²) in [6, 6.07) is 0. The van der Waals surface area contributed by atoms with E-state index < -0.39 is 0 Å². The average molecular weight is 438 g/mol. The molecule has 0 saturated carbocycles. The van der Waals surface area contributed by atoms with Crippen molar-refractivity contribution in [2.24, 2.45) is 11.3 Å². The van der Waals surface area contributed by atoms with Gasteiger partial charge in [0, 0.05) is 20.0 Å². The monoisotopic (exact) mass is 437 g/mol. The summed E-state index contributed by atoms with van der Waals surface area (Å²) in [5.74, 6) is 2.13. The standard InChI is InChI=1S/C26H39N5O/c1-18(10-12-26(5)20(3)14-22(32)15-21(26)4)8-7-9-19(2)11-13-31-17-30(6)25-23(31)24(27)28-16-29-25/h8,11,14,16,21H,7,9-10,12-13,15,17H2,1-6H3,(H2,27,28,29)/b18-8+,19-11+/t21-,26-/m0/s1. The van der Waals surface area contributed by atoms with E-state index in [0.29, 0.717) is 18.2 Å². The molecule has 1 aromatic rings. The lowest BCUT2D eigenvalue weighted by atomic mass is 9.64. The molecule has 1 aliphatic heterocycles. The van der Waals surface area contributed by atoms with Gasteiger partial charge in [-0.3, -0.25) is 4.79 Å². The van der Waals surface area contributed by atoms with Crippen LogP contribution in [0.3, 0.4) is 0 Å². The molecule has 0 amide bonds. The third-order valence-corrected chi connectivity index (χ3v) is 7.50. The van der Waals surface area contributed by atoms with Crippen LogP contribution in [0.25, 0.3) is 0 Å². The van der Waals surface area contributed by atoms with E-state index in [0.717, 1.165) is 50.4 Å². The van der Waals surface area contributed by atoms with E-state index >= 15 is 0 Å². The number of aromatic nitrogens is 2. The van der Waals surface area contributed by atoms with Gasteiger partial charge >= 0.3 is 0 Å². The number of anilines is 3. The van der Waals surface area contributed by atoms with E-state index in [1.807, 2.05) is 13.1 Å². The van der Waals surface area contributed by atoms with Crippen LogP contribution in [0.2, 0.25) is 0 Å². The highest BCUT2D eigenvalue weighted by Crippen LogP contribution is 2.45. The number of nitrogens with zero attached hydrogens (tertiary/aromatic N) is 4. The molecule has 1 aliphatic carbocycles. The molecule has 0 aromatic carbocycles. The van der Waals surface area contributed by atoms with Gasteiger partial charge in [-0.25, -0.2) is 9.97 Å². The third-order valence-electron chi connectivity index (χ3n) is 7.50. The lowest BCUT2D eigenvalue weighted by Crippen LogP contribution is -2.32. The van der Waals surface area contributed by atoms with Crippen LogP contribution in [0.15, 0.2) is 41.3 Å². The number of nitrogen functional groups attached to an aromatic ring is 1. The topological polar surface area (TPSA) is 75.4 Å². The average Bonchev–Trinajstić information content (AvgIpc) is 3.06. The molecule has 174 valence electrons. The number of carbonyl (C=O) groups is 1. The lowest BCUT2D eigenvalue weighted by molar-refractivity contribution is -0.117. The predicted octanol–water partition coefficient (Wildman–Crippen LogP) is 5.29. The van der Waals surface area contributed by atoms with Crippen molar-refractivity contribution >= 4 is 23.1 Å². The molecule has 0 saturated heterocycles. The molecule has 0 fully saturated rings. The molecule has 0 spiro atoms. The van der Waals surface area contributed by atoms with Crippen LogP contribution in [-0.2, 0) is 4.79 Å². The number of allylic oxidation sites excluding steroid dienone is 5. The summed E-state index contributed by atoms with van der Waals surface area (Å²) in [6.07, 6.45) is 13.0. The zero-order valence-electron chi connectivity index (χ0n) is 20.6. The van der Waals surface area contributed by atoms with Crippen molar-refractivity contribution < 1.29 is 4.79 Å². The predicted molar refractivity (Wildman–Crippen MR) is 134 cm³/mol. The molecule has 2 atom stereocenters. The maximum Gasteiger partial charge on any atom is 0.159 e. The Morgan fingerprint density at radius 3 is 2.69 bits per heavy atom. The summed E-state index contributed by atoms with van der Waals surface area (Å²) in [4.78, 5) is 24.7. The normalized spacial score (nSPS) is 24.1. The Morgan fingerprint density at radius 2 is 1.97 bits per heavy atom. The fourth-order valence-electron chi connectivity index (χ4n) is 4.81. The molecule has 0 radical (unpaired) electrons. The zero-order chi connectivity index (χ0) is 23.5. The Morgan fingerprint density at radius 1 is 1.25 bits per heavy atom. The largest absolute Gasteiger partial charge is 0.382 e. The van der Waals surface area contributed by atoms with Gasteiger partial charge in [0.15, 0.2) is 17.4 Å². The Bertz CT molecular complexity index is 948. The van der Waals surface area contributed by atoms with E-state index in [1.165, 1.54) is 23.0 Å². The highest BCUT2D eigenvalue weighted by atomic mass is 16.1. The van der Waals surface area contributed by atoms with E-state index in [2.05, 4.69) is 66.5 Å². The van der Waals surface area contributed by atoms with Gasteiger partial charge in [0.1, 0.15) is 12.0 Å². The van der Waals surface area contributed by atoms with Gasteiger partial charge in [0.2, 0.25) is 0 Å². The summed E-state index contributed by atoms with van der Waals surface area (Å²) in [5, 5.41) is 0. The van der Waals surface area contributed by atoms with Crippen LogP contribution >= 0.6 is 0 Å². The smallest absolute Gasteiger partial charge is 0.159 e. The summed E-state index contributed by atoms with van der Waals surface area (Å²) in [5.41, 5.74) is 11.2. The number of nitrogens with two attached hydrogens (primary N) is 1. The van der Waals surface area contributed by atoms with Crippen LogP contribution in [0.5, 0.6) is 0 Å². The van der Waals surface area contributed by atoms with Crippen molar-refractivity contribution in [2.75, 3.05) is 35.8 Å². The summed E-state index contributed by atoms with van der Waals surface area (Å²) < 4.78 is 0. The maximum absolute atomic E-state index is 11.8. The Balaban J connectivity index is 1.49. The van der Waals surface area contributed by atoms with Gasteiger partial charge in [0.25, 0.3) is 0 Å². The number of hydrogen-bond donors (Lipinski definition) is 1. The number of rotatable bonds is 8. The molecule has 6 heteroatoms. The second-order valence-electron chi connectivity index (χ2n) is 9.95. The summed E-state index contributed by atoms with van der Waals surface area (Å²) in [7, 11) is 2.03. The highest BCUT2D eigenvalue weighted by molar-refractivity contribution is 5.91. The molecule has 2 N–H and O–H groups in total. The zero-order valence-corrected chi connectivity index (χ0v) is 20.6. The first kappa shape index (κ1) is 24.0. The third kappa shape index (κ3) is 5.22. The minimum atomic E-state index is 0.129. The maximum atomic E-state index is 11.8. The minimum Gasteiger partial charge on any atom is -0.382 e. The molecule has 32 heavy (non-hydrogen) atoms. The molecular weight excluding hydrogens is 398 g/mol. The molecule has 6 nitrogen and oxygen atoms in total. The van der Waals surface area contributed by atoms with Gasteiger partial charge in [-0.2, -0.15) is 0 Å². The van der Waals surface area contributed by atoms with Gasteiger partial charge in [-0.15, -0.1) is 0 Å². The van der Waals surface area contributed by atoms with Crippen LogP contribution in [0, 0.1) is 11.3 Å². The molecule has 2 aliphatic rings. The van der Waals surface area contributed by atoms with Crippen molar-refractivity contribution in [1.29, 1.82) is 0 Å². The number of carbonyl (C=O) groups excluding carboxylic acids is 1. The number of fused-ring (bicyclic) bond motifs is 1. The summed E-state index contributed by atoms with van der Waals surface area (Å²) in [6.45, 7) is 12.7. The van der Waals surface area contributed by atoms with E-state index in [4.69, 9.17) is 5.73 Å². The molecule has 0 unspecified atom stereocenters. The van der Waals surface area contributed by atoms with Crippen LogP contribution in [0.4, 0.5) is 17.3 Å². The Kier molecular flexibility index (Phi) is 7.42. The van der Waals surface area contributed by atoms with Crippen molar-refractivity contribution in [3.8, 4) is 0 Å². The highest BCUT2D eigenvalue weighted by Gasteiger charge is 2.36. The van der Waals surface area contributed by atoms with Crippen LogP contribution < -0.4 is 15.5 Å². The number of hydrogen-bond acceptors (Lipinski definition) is 6. The van der Waals surface area contributed by atoms with Crippen molar-refractivity contribution in [1.82, 2.24) is 9.97 Å². The molecular formula is C26H39N5O. The first-order chi connectivity index (χ1) is 15.1. The Hall–Kier alpha value is -2.63. The second-order valence-corrected chi connectivity index (χ2v) is 9.95. The van der Waals surface area contributed by atoms with Crippen molar-refractivity contribution in [3.63, 3.8) is 0 Å². The van der Waals surface area contributed by atoms with Crippen molar-refractivity contribution in [3.05, 3.63) is 41.3 Å². The van der Waals surface area contributed by atoms with E-state index in [1.54, 1.807) is 0 Å². The van der Waals surface area contributed by atoms with Gasteiger partial charge < -0.3 is 15.5 Å². The lowest BCUT2D eigenvalue weighted by Gasteiger charge is -2.39. The van der Waals surface area contributed by atoms with Crippen molar-refractivity contribution in [2.45, 2.75) is 66.7 Å². The van der Waals surface area contributed by atoms with Gasteiger partial charge in [0.05, 0.1) is 6.67 Å². The Labute approximate surface area is 193 Å². The number of ketones is 1. The fraction of sp³-hybridized carbons (Fsp3) is 0.577. The van der Waals surface area contributed by atoms with E-state index in [-0.39, 0.29) is 11.2 Å². The second kappa shape index (κ2) is 9.88. The van der Waals surface area contributed by atoms with Crippen LogP contribution in [0.1, 0.15) is 66.7 Å². The molecule has 0 bridgehead atoms. The quantitative estimate of drug-likeness (QED) is 0.557. The van der Waals surface area contributed by atoms with Gasteiger partial charge in [-0.05, 0) is 63.9 Å². The minimum absolute atomic E-state index is 0.129.